The number of hydrogen-bond acceptors (Lipinski definition) is 6. The topological polar surface area (TPSA) is 63.7 Å². The summed E-state index contributed by atoms with van der Waals surface area (Å²) < 4.78 is 4.64. The van der Waals surface area contributed by atoms with Gasteiger partial charge in [0.15, 0.2) is 0 Å². The second-order valence-electron chi connectivity index (χ2n) is 5.70. The van der Waals surface area contributed by atoms with Crippen molar-refractivity contribution in [1.82, 2.24) is 4.90 Å². The standard InChI is InChI=1S/C20H17NO4S2/c1-13(19(23)25-2)21-18(22)17(27-20(21)24)12-14-8-6-7-11-16(14)26-15-9-4-3-5-10-15/h3-13H,1-2H3. The molecule has 1 saturated heterocycles. The molecule has 2 aromatic carbocycles. The number of rotatable bonds is 5. The molecule has 1 aliphatic heterocycles. The molecule has 0 aliphatic carbocycles. The van der Waals surface area contributed by atoms with Crippen LogP contribution >= 0.6 is 23.5 Å². The van der Waals surface area contributed by atoms with E-state index >= 15 is 0 Å². The van der Waals surface area contributed by atoms with Gasteiger partial charge in [-0.1, -0.05) is 48.2 Å². The van der Waals surface area contributed by atoms with E-state index in [9.17, 15) is 14.4 Å². The Bertz CT molecular complexity index is 911. The Balaban J connectivity index is 1.88. The molecule has 0 bridgehead atoms. The van der Waals surface area contributed by atoms with Crippen LogP contribution in [0.2, 0.25) is 0 Å². The molecule has 7 heteroatoms. The Kier molecular flexibility index (Phi) is 6.03. The van der Waals surface area contributed by atoms with Crippen LogP contribution in [0, 0.1) is 0 Å². The predicted molar refractivity (Wildman–Crippen MR) is 106 cm³/mol. The molecule has 1 aliphatic rings. The second kappa shape index (κ2) is 8.45. The highest BCUT2D eigenvalue weighted by molar-refractivity contribution is 8.18. The van der Waals surface area contributed by atoms with E-state index in [1.165, 1.54) is 14.0 Å². The van der Waals surface area contributed by atoms with E-state index in [4.69, 9.17) is 0 Å². The van der Waals surface area contributed by atoms with Crippen LogP contribution in [0.4, 0.5) is 4.79 Å². The van der Waals surface area contributed by atoms with Gasteiger partial charge in [-0.15, -0.1) is 0 Å². The number of imide groups is 1. The maximum Gasteiger partial charge on any atom is 0.328 e. The van der Waals surface area contributed by atoms with Crippen LogP contribution in [0.25, 0.3) is 6.08 Å². The molecule has 0 N–H and O–H groups in total. The predicted octanol–water partition coefficient (Wildman–Crippen LogP) is 4.44. The van der Waals surface area contributed by atoms with E-state index in [1.54, 1.807) is 17.8 Å². The summed E-state index contributed by atoms with van der Waals surface area (Å²) in [4.78, 5) is 39.9. The van der Waals surface area contributed by atoms with Crippen molar-refractivity contribution in [2.75, 3.05) is 7.11 Å². The highest BCUT2D eigenvalue weighted by Crippen LogP contribution is 2.37. The average Bonchev–Trinajstić information content (AvgIpc) is 2.96. The quantitative estimate of drug-likeness (QED) is 0.547. The number of amides is 2. The van der Waals surface area contributed by atoms with Crippen LogP contribution in [0.5, 0.6) is 0 Å². The highest BCUT2D eigenvalue weighted by atomic mass is 32.2. The van der Waals surface area contributed by atoms with E-state index in [-0.39, 0.29) is 4.91 Å². The fraction of sp³-hybridized carbons (Fsp3) is 0.150. The number of hydrogen-bond donors (Lipinski definition) is 0. The first kappa shape index (κ1) is 19.3. The van der Waals surface area contributed by atoms with E-state index in [0.29, 0.717) is 0 Å². The Morgan fingerprint density at radius 3 is 2.48 bits per heavy atom. The number of thioether (sulfide) groups is 1. The van der Waals surface area contributed by atoms with Crippen LogP contribution in [-0.2, 0) is 14.3 Å². The molecule has 1 heterocycles. The summed E-state index contributed by atoms with van der Waals surface area (Å²) >= 11 is 2.41. The largest absolute Gasteiger partial charge is 0.467 e. The first-order valence-corrected chi connectivity index (χ1v) is 9.81. The SMILES string of the molecule is COC(=O)C(C)N1C(=O)SC(=Cc2ccccc2Sc2ccccc2)C1=O. The summed E-state index contributed by atoms with van der Waals surface area (Å²) in [5.41, 5.74) is 0.836. The van der Waals surface area contributed by atoms with Crippen LogP contribution in [0.15, 0.2) is 69.3 Å². The first-order chi connectivity index (χ1) is 13.0. The summed E-state index contributed by atoms with van der Waals surface area (Å²) in [5.74, 6) is -1.11. The molecule has 1 fully saturated rings. The van der Waals surface area contributed by atoms with Gasteiger partial charge in [0.25, 0.3) is 11.1 Å². The van der Waals surface area contributed by atoms with Crippen molar-refractivity contribution in [3.63, 3.8) is 0 Å². The van der Waals surface area contributed by atoms with Gasteiger partial charge in [-0.05, 0) is 48.5 Å². The van der Waals surface area contributed by atoms with Crippen molar-refractivity contribution >= 4 is 46.7 Å². The maximum absolute atomic E-state index is 12.7. The number of benzene rings is 2. The zero-order valence-electron chi connectivity index (χ0n) is 14.7. The lowest BCUT2D eigenvalue weighted by molar-refractivity contribution is -0.148. The molecule has 5 nitrogen and oxygen atoms in total. The van der Waals surface area contributed by atoms with E-state index in [0.717, 1.165) is 32.0 Å². The third-order valence-corrected chi connectivity index (χ3v) is 5.91. The third kappa shape index (κ3) is 4.26. The molecule has 27 heavy (non-hydrogen) atoms. The van der Waals surface area contributed by atoms with Crippen LogP contribution in [-0.4, -0.2) is 35.2 Å². The lowest BCUT2D eigenvalue weighted by Gasteiger charge is -2.18. The van der Waals surface area contributed by atoms with Gasteiger partial charge in [0.1, 0.15) is 6.04 Å². The van der Waals surface area contributed by atoms with Crippen molar-refractivity contribution in [3.05, 3.63) is 65.1 Å². The Labute approximate surface area is 165 Å². The maximum atomic E-state index is 12.7. The summed E-state index contributed by atoms with van der Waals surface area (Å²) in [7, 11) is 1.23. The summed E-state index contributed by atoms with van der Waals surface area (Å²) in [6.45, 7) is 1.48. The van der Waals surface area contributed by atoms with Gasteiger partial charge in [-0.3, -0.25) is 14.5 Å². The number of methoxy groups -OCH3 is 1. The molecule has 1 atom stereocenters. The van der Waals surface area contributed by atoms with Crippen LogP contribution in [0.3, 0.4) is 0 Å². The monoisotopic (exact) mass is 399 g/mol. The summed E-state index contributed by atoms with van der Waals surface area (Å²) in [6, 6.07) is 16.6. The zero-order chi connectivity index (χ0) is 19.4. The van der Waals surface area contributed by atoms with Crippen molar-refractivity contribution in [2.24, 2.45) is 0 Å². The van der Waals surface area contributed by atoms with Gasteiger partial charge in [0.2, 0.25) is 0 Å². The van der Waals surface area contributed by atoms with Crippen molar-refractivity contribution in [3.8, 4) is 0 Å². The second-order valence-corrected chi connectivity index (χ2v) is 7.81. The normalized spacial score (nSPS) is 16.7. The number of carbonyl (C=O) groups is 3. The van der Waals surface area contributed by atoms with E-state index < -0.39 is 23.2 Å². The average molecular weight is 399 g/mol. The molecule has 0 saturated carbocycles. The summed E-state index contributed by atoms with van der Waals surface area (Å²) in [6.07, 6.45) is 1.69. The Morgan fingerprint density at radius 1 is 1.11 bits per heavy atom. The molecular formula is C20H17NO4S2. The molecule has 3 rings (SSSR count). The Morgan fingerprint density at radius 2 is 1.78 bits per heavy atom. The summed E-state index contributed by atoms with van der Waals surface area (Å²) in [5, 5.41) is -0.475. The van der Waals surface area contributed by atoms with Gasteiger partial charge in [0.05, 0.1) is 12.0 Å². The third-order valence-electron chi connectivity index (χ3n) is 3.93. The number of ether oxygens (including phenoxy) is 1. The molecule has 0 aromatic heterocycles. The highest BCUT2D eigenvalue weighted by Gasteiger charge is 2.41. The first-order valence-electron chi connectivity index (χ1n) is 8.18. The molecule has 0 spiro atoms. The number of nitrogens with zero attached hydrogens (tertiary/aromatic N) is 1. The molecular weight excluding hydrogens is 382 g/mol. The van der Waals surface area contributed by atoms with Gasteiger partial charge < -0.3 is 4.74 Å². The fourth-order valence-corrected chi connectivity index (χ4v) is 4.38. The minimum Gasteiger partial charge on any atom is -0.467 e. The van der Waals surface area contributed by atoms with Gasteiger partial charge in [-0.2, -0.15) is 0 Å². The molecule has 0 radical (unpaired) electrons. The smallest absolute Gasteiger partial charge is 0.328 e. The lowest BCUT2D eigenvalue weighted by atomic mass is 10.2. The molecule has 2 aromatic rings. The number of esters is 1. The molecule has 2 amide bonds. The lowest BCUT2D eigenvalue weighted by Crippen LogP contribution is -2.42. The fourth-order valence-electron chi connectivity index (χ4n) is 2.54. The molecule has 1 unspecified atom stereocenters. The number of carbonyl (C=O) groups excluding carboxylic acids is 3. The van der Waals surface area contributed by atoms with Crippen LogP contribution in [0.1, 0.15) is 12.5 Å². The Hall–Kier alpha value is -2.51. The van der Waals surface area contributed by atoms with Gasteiger partial charge >= 0.3 is 5.97 Å². The van der Waals surface area contributed by atoms with Crippen molar-refractivity contribution < 1.29 is 19.1 Å². The minimum atomic E-state index is -0.956. The van der Waals surface area contributed by atoms with Gasteiger partial charge in [0, 0.05) is 9.79 Å². The van der Waals surface area contributed by atoms with E-state index in [2.05, 4.69) is 4.74 Å². The van der Waals surface area contributed by atoms with E-state index in [1.807, 2.05) is 54.6 Å². The minimum absolute atomic E-state index is 0.289. The van der Waals surface area contributed by atoms with Crippen molar-refractivity contribution in [2.45, 2.75) is 22.8 Å². The van der Waals surface area contributed by atoms with Crippen molar-refractivity contribution in [1.29, 1.82) is 0 Å². The zero-order valence-corrected chi connectivity index (χ0v) is 16.4. The van der Waals surface area contributed by atoms with Crippen LogP contribution < -0.4 is 0 Å². The van der Waals surface area contributed by atoms with Gasteiger partial charge in [-0.25, -0.2) is 4.79 Å². The molecule has 138 valence electrons.